The molecule has 0 aliphatic heterocycles. The summed E-state index contributed by atoms with van der Waals surface area (Å²) in [5.74, 6) is 1.04. The van der Waals surface area contributed by atoms with Crippen LogP contribution in [0.3, 0.4) is 0 Å². The summed E-state index contributed by atoms with van der Waals surface area (Å²) < 4.78 is 5.16. The minimum atomic E-state index is -0.872. The minimum Gasteiger partial charge on any atom is -0.496 e. The Balaban J connectivity index is 2.42. The SMILES string of the molecule is COc1ccc(Cl)cc1C(O)c1ncc[nH]1. The molecule has 1 aromatic carbocycles. The fourth-order valence-corrected chi connectivity index (χ4v) is 1.67. The van der Waals surface area contributed by atoms with Crippen molar-refractivity contribution in [3.05, 3.63) is 47.0 Å². The highest BCUT2D eigenvalue weighted by molar-refractivity contribution is 6.30. The highest BCUT2D eigenvalue weighted by Crippen LogP contribution is 2.30. The molecule has 1 heterocycles. The Morgan fingerprint density at radius 1 is 1.50 bits per heavy atom. The van der Waals surface area contributed by atoms with E-state index in [-0.39, 0.29) is 0 Å². The number of aliphatic hydroxyl groups excluding tert-OH is 1. The molecule has 0 aliphatic rings. The number of nitrogens with zero attached hydrogens (tertiary/aromatic N) is 1. The van der Waals surface area contributed by atoms with Crippen molar-refractivity contribution in [3.63, 3.8) is 0 Å². The van der Waals surface area contributed by atoms with Crippen LogP contribution in [0, 0.1) is 0 Å². The third kappa shape index (κ3) is 2.03. The molecule has 84 valence electrons. The van der Waals surface area contributed by atoms with E-state index in [4.69, 9.17) is 16.3 Å². The van der Waals surface area contributed by atoms with Crippen LogP contribution < -0.4 is 4.74 Å². The largest absolute Gasteiger partial charge is 0.496 e. The van der Waals surface area contributed by atoms with E-state index >= 15 is 0 Å². The number of aliphatic hydroxyl groups is 1. The molecule has 4 nitrogen and oxygen atoms in total. The second kappa shape index (κ2) is 4.55. The van der Waals surface area contributed by atoms with Gasteiger partial charge in [0.2, 0.25) is 0 Å². The third-order valence-electron chi connectivity index (χ3n) is 2.26. The minimum absolute atomic E-state index is 0.459. The van der Waals surface area contributed by atoms with E-state index in [1.165, 1.54) is 0 Å². The summed E-state index contributed by atoms with van der Waals surface area (Å²) in [5, 5.41) is 10.6. The molecule has 0 radical (unpaired) electrons. The van der Waals surface area contributed by atoms with Crippen molar-refractivity contribution in [1.82, 2.24) is 9.97 Å². The van der Waals surface area contributed by atoms with E-state index in [0.29, 0.717) is 22.2 Å². The summed E-state index contributed by atoms with van der Waals surface area (Å²) >= 11 is 5.88. The molecule has 0 saturated carbocycles. The van der Waals surface area contributed by atoms with Gasteiger partial charge in [-0.3, -0.25) is 0 Å². The smallest absolute Gasteiger partial charge is 0.140 e. The van der Waals surface area contributed by atoms with Crippen LogP contribution in [-0.4, -0.2) is 22.2 Å². The van der Waals surface area contributed by atoms with Crippen molar-refractivity contribution in [2.24, 2.45) is 0 Å². The van der Waals surface area contributed by atoms with Crippen LogP contribution in [0.4, 0.5) is 0 Å². The number of ether oxygens (including phenoxy) is 1. The molecule has 1 atom stereocenters. The number of aromatic amines is 1. The molecule has 0 spiro atoms. The molecule has 1 aromatic heterocycles. The van der Waals surface area contributed by atoms with Crippen LogP contribution in [0.1, 0.15) is 17.5 Å². The summed E-state index contributed by atoms with van der Waals surface area (Å²) in [7, 11) is 1.54. The van der Waals surface area contributed by atoms with Crippen molar-refractivity contribution < 1.29 is 9.84 Å². The zero-order valence-corrected chi connectivity index (χ0v) is 9.40. The van der Waals surface area contributed by atoms with Crippen molar-refractivity contribution in [1.29, 1.82) is 0 Å². The van der Waals surface area contributed by atoms with E-state index in [0.717, 1.165) is 0 Å². The molecule has 0 aliphatic carbocycles. The van der Waals surface area contributed by atoms with Gasteiger partial charge in [0.05, 0.1) is 7.11 Å². The number of aromatic nitrogens is 2. The van der Waals surface area contributed by atoms with Gasteiger partial charge in [-0.1, -0.05) is 11.6 Å². The molecule has 0 bridgehead atoms. The lowest BCUT2D eigenvalue weighted by Gasteiger charge is -2.13. The zero-order chi connectivity index (χ0) is 11.5. The highest BCUT2D eigenvalue weighted by atomic mass is 35.5. The lowest BCUT2D eigenvalue weighted by atomic mass is 10.1. The van der Waals surface area contributed by atoms with Crippen LogP contribution in [0.25, 0.3) is 0 Å². The molecule has 0 amide bonds. The van der Waals surface area contributed by atoms with Crippen LogP contribution in [0.15, 0.2) is 30.6 Å². The van der Waals surface area contributed by atoms with Gasteiger partial charge >= 0.3 is 0 Å². The predicted molar refractivity (Wildman–Crippen MR) is 60.7 cm³/mol. The van der Waals surface area contributed by atoms with Crippen molar-refractivity contribution in [3.8, 4) is 5.75 Å². The first-order valence-electron chi connectivity index (χ1n) is 4.73. The second-order valence-electron chi connectivity index (χ2n) is 3.26. The molecule has 2 aromatic rings. The van der Waals surface area contributed by atoms with Gasteiger partial charge in [0.1, 0.15) is 17.7 Å². The number of halogens is 1. The second-order valence-corrected chi connectivity index (χ2v) is 3.70. The Bertz CT molecular complexity index is 471. The Labute approximate surface area is 97.9 Å². The number of benzene rings is 1. The first-order chi connectivity index (χ1) is 7.72. The summed E-state index contributed by atoms with van der Waals surface area (Å²) in [5.41, 5.74) is 0.588. The van der Waals surface area contributed by atoms with Gasteiger partial charge in [-0.05, 0) is 18.2 Å². The lowest BCUT2D eigenvalue weighted by molar-refractivity contribution is 0.206. The molecule has 0 fully saturated rings. The molecular weight excluding hydrogens is 228 g/mol. The van der Waals surface area contributed by atoms with Gasteiger partial charge in [0.25, 0.3) is 0 Å². The Morgan fingerprint density at radius 2 is 2.31 bits per heavy atom. The van der Waals surface area contributed by atoms with Crippen molar-refractivity contribution in [2.45, 2.75) is 6.10 Å². The monoisotopic (exact) mass is 238 g/mol. The van der Waals surface area contributed by atoms with Gasteiger partial charge in [-0.2, -0.15) is 0 Å². The molecule has 16 heavy (non-hydrogen) atoms. The van der Waals surface area contributed by atoms with Crippen LogP contribution in [0.5, 0.6) is 5.75 Å². The molecular formula is C11H11ClN2O2. The van der Waals surface area contributed by atoms with E-state index in [1.807, 2.05) is 0 Å². The summed E-state index contributed by atoms with van der Waals surface area (Å²) in [6.07, 6.45) is 2.36. The molecule has 1 unspecified atom stereocenters. The average molecular weight is 239 g/mol. The number of nitrogens with one attached hydrogen (secondary N) is 1. The quantitative estimate of drug-likeness (QED) is 0.862. The van der Waals surface area contributed by atoms with Crippen molar-refractivity contribution >= 4 is 11.6 Å². The first kappa shape index (κ1) is 11.0. The van der Waals surface area contributed by atoms with E-state index < -0.39 is 6.10 Å². The Hall–Kier alpha value is -1.52. The maximum absolute atomic E-state index is 10.1. The maximum Gasteiger partial charge on any atom is 0.140 e. The van der Waals surface area contributed by atoms with E-state index in [9.17, 15) is 5.11 Å². The summed E-state index contributed by atoms with van der Waals surface area (Å²) in [6.45, 7) is 0. The lowest BCUT2D eigenvalue weighted by Crippen LogP contribution is -2.04. The van der Waals surface area contributed by atoms with Gasteiger partial charge < -0.3 is 14.8 Å². The highest BCUT2D eigenvalue weighted by Gasteiger charge is 2.17. The molecule has 5 heteroatoms. The van der Waals surface area contributed by atoms with Gasteiger partial charge in [-0.15, -0.1) is 0 Å². The molecule has 0 saturated heterocycles. The summed E-state index contributed by atoms with van der Waals surface area (Å²) in [4.78, 5) is 6.84. The molecule has 2 rings (SSSR count). The normalized spacial score (nSPS) is 12.4. The van der Waals surface area contributed by atoms with E-state index in [1.54, 1.807) is 37.7 Å². The zero-order valence-electron chi connectivity index (χ0n) is 8.64. The maximum atomic E-state index is 10.1. The number of H-pyrrole nitrogens is 1. The first-order valence-corrected chi connectivity index (χ1v) is 5.11. The van der Waals surface area contributed by atoms with Crippen LogP contribution >= 0.6 is 11.6 Å². The number of methoxy groups -OCH3 is 1. The fraction of sp³-hybridized carbons (Fsp3) is 0.182. The number of hydrogen-bond donors (Lipinski definition) is 2. The number of hydrogen-bond acceptors (Lipinski definition) is 3. The van der Waals surface area contributed by atoms with E-state index in [2.05, 4.69) is 9.97 Å². The Morgan fingerprint density at radius 3 is 2.94 bits per heavy atom. The fourth-order valence-electron chi connectivity index (χ4n) is 1.49. The average Bonchev–Trinajstić information content (AvgIpc) is 2.81. The van der Waals surface area contributed by atoms with Crippen molar-refractivity contribution in [2.75, 3.05) is 7.11 Å². The predicted octanol–water partition coefficient (Wildman–Crippen LogP) is 2.15. The summed E-state index contributed by atoms with van der Waals surface area (Å²) in [6, 6.07) is 5.08. The van der Waals surface area contributed by atoms with Gasteiger partial charge in [-0.25, -0.2) is 4.98 Å². The van der Waals surface area contributed by atoms with Crippen LogP contribution in [-0.2, 0) is 0 Å². The van der Waals surface area contributed by atoms with Crippen LogP contribution in [0.2, 0.25) is 5.02 Å². The van der Waals surface area contributed by atoms with Gasteiger partial charge in [0, 0.05) is 23.0 Å². The standard InChI is InChI=1S/C11H11ClN2O2/c1-16-9-3-2-7(12)6-8(9)10(15)11-13-4-5-14-11/h2-6,10,15H,1H3,(H,13,14). The number of rotatable bonds is 3. The number of imidazole rings is 1. The van der Waals surface area contributed by atoms with Gasteiger partial charge in [0.15, 0.2) is 0 Å². The Kier molecular flexibility index (Phi) is 3.12. The molecule has 2 N–H and O–H groups in total. The third-order valence-corrected chi connectivity index (χ3v) is 2.50. The topological polar surface area (TPSA) is 58.1 Å².